The van der Waals surface area contributed by atoms with Crippen molar-refractivity contribution in [2.75, 3.05) is 19.6 Å². The molecule has 0 radical (unpaired) electrons. The first-order valence-corrected chi connectivity index (χ1v) is 11.8. The van der Waals surface area contributed by atoms with Gasteiger partial charge in [0, 0.05) is 19.6 Å². The molecule has 0 aromatic heterocycles. The average Bonchev–Trinajstić information content (AvgIpc) is 3.00. The molecule has 0 bridgehead atoms. The Bertz CT molecular complexity index is 944. The van der Waals surface area contributed by atoms with Crippen molar-refractivity contribution >= 4 is 39.1 Å². The number of hydrogen-bond donors (Lipinski definition) is 0. The third kappa shape index (κ3) is 5.72. The smallest absolute Gasteiger partial charge is 0.243 e. The van der Waals surface area contributed by atoms with Crippen LogP contribution in [0, 0.1) is 0 Å². The van der Waals surface area contributed by atoms with E-state index in [1.165, 1.54) is 16.4 Å². The Morgan fingerprint density at radius 1 is 0.931 bits per heavy atom. The van der Waals surface area contributed by atoms with Gasteiger partial charge in [-0.25, -0.2) is 8.42 Å². The molecular weight excluding hydrogens is 431 g/mol. The molecule has 1 saturated heterocycles. The second-order valence-corrected chi connectivity index (χ2v) is 9.88. The van der Waals surface area contributed by atoms with E-state index >= 15 is 0 Å². The molecule has 5 nitrogen and oxygen atoms in total. The first-order valence-electron chi connectivity index (χ1n) is 9.65. The van der Waals surface area contributed by atoms with Gasteiger partial charge >= 0.3 is 0 Å². The number of carbonyl (C=O) groups is 1. The van der Waals surface area contributed by atoms with Gasteiger partial charge in [-0.3, -0.25) is 4.79 Å². The van der Waals surface area contributed by atoms with Gasteiger partial charge in [-0.1, -0.05) is 60.3 Å². The number of sulfonamides is 1. The summed E-state index contributed by atoms with van der Waals surface area (Å²) in [5.41, 5.74) is 0.669. The van der Waals surface area contributed by atoms with Gasteiger partial charge in [-0.15, -0.1) is 0 Å². The van der Waals surface area contributed by atoms with Crippen LogP contribution in [-0.2, 0) is 21.4 Å². The van der Waals surface area contributed by atoms with Gasteiger partial charge in [-0.05, 0) is 42.7 Å². The van der Waals surface area contributed by atoms with Gasteiger partial charge in [0.1, 0.15) is 0 Å². The topological polar surface area (TPSA) is 57.7 Å². The van der Waals surface area contributed by atoms with Crippen LogP contribution in [0.4, 0.5) is 0 Å². The lowest BCUT2D eigenvalue weighted by atomic mass is 10.2. The fourth-order valence-electron chi connectivity index (χ4n) is 3.38. The van der Waals surface area contributed by atoms with Gasteiger partial charge in [0.25, 0.3) is 0 Å². The lowest BCUT2D eigenvalue weighted by Crippen LogP contribution is -2.43. The predicted octanol–water partition coefficient (Wildman–Crippen LogP) is 4.59. The Morgan fingerprint density at radius 2 is 1.59 bits per heavy atom. The summed E-state index contributed by atoms with van der Waals surface area (Å²) in [5.74, 6) is -0.175. The van der Waals surface area contributed by atoms with E-state index in [1.807, 2.05) is 0 Å². The summed E-state index contributed by atoms with van der Waals surface area (Å²) < 4.78 is 27.8. The molecule has 156 valence electrons. The lowest BCUT2D eigenvalue weighted by Gasteiger charge is -2.26. The molecule has 1 aliphatic heterocycles. The highest BCUT2D eigenvalue weighted by Gasteiger charge is 2.29. The zero-order valence-corrected chi connectivity index (χ0v) is 18.4. The molecule has 1 amide bonds. The summed E-state index contributed by atoms with van der Waals surface area (Å²) in [5, 5.41) is 0.744. The van der Waals surface area contributed by atoms with E-state index in [0.29, 0.717) is 28.7 Å². The van der Waals surface area contributed by atoms with Crippen LogP contribution in [0.15, 0.2) is 53.4 Å². The number of nitrogens with zero attached hydrogens (tertiary/aromatic N) is 2. The minimum Gasteiger partial charge on any atom is -0.342 e. The number of likely N-dealkylation sites (tertiary alicyclic amines) is 1. The van der Waals surface area contributed by atoms with Gasteiger partial charge < -0.3 is 4.90 Å². The van der Waals surface area contributed by atoms with Gasteiger partial charge in [0.15, 0.2) is 0 Å². The van der Waals surface area contributed by atoms with Gasteiger partial charge in [0.05, 0.1) is 21.5 Å². The summed E-state index contributed by atoms with van der Waals surface area (Å²) in [4.78, 5) is 14.9. The third-order valence-corrected chi connectivity index (χ3v) is 7.54. The standard InChI is InChI=1S/C21H24Cl2N2O3S/c22-19-11-10-17(14-20(19)23)15-25(29(27,28)18-8-4-3-5-9-18)16-21(26)24-12-6-1-2-7-13-24/h3-5,8-11,14H,1-2,6-7,12-13,15-16H2. The number of rotatable bonds is 6. The Morgan fingerprint density at radius 3 is 2.21 bits per heavy atom. The van der Waals surface area contributed by atoms with Crippen LogP contribution in [0.1, 0.15) is 31.2 Å². The lowest BCUT2D eigenvalue weighted by molar-refractivity contribution is -0.131. The van der Waals surface area contributed by atoms with Gasteiger partial charge in [-0.2, -0.15) is 4.31 Å². The van der Waals surface area contributed by atoms with Crippen LogP contribution in [-0.4, -0.2) is 43.2 Å². The summed E-state index contributed by atoms with van der Waals surface area (Å²) in [6.07, 6.45) is 4.09. The summed E-state index contributed by atoms with van der Waals surface area (Å²) in [6, 6.07) is 13.1. The molecule has 1 aliphatic rings. The molecule has 1 fully saturated rings. The molecule has 1 heterocycles. The number of carbonyl (C=O) groups excluding carboxylic acids is 1. The second-order valence-electron chi connectivity index (χ2n) is 7.13. The Hall–Kier alpha value is -1.60. The molecule has 29 heavy (non-hydrogen) atoms. The molecule has 0 atom stereocenters. The fraction of sp³-hybridized carbons (Fsp3) is 0.381. The first-order chi connectivity index (χ1) is 13.9. The van der Waals surface area contributed by atoms with Crippen LogP contribution < -0.4 is 0 Å². The van der Waals surface area contributed by atoms with E-state index in [0.717, 1.165) is 25.7 Å². The summed E-state index contributed by atoms with van der Waals surface area (Å²) in [6.45, 7) is 1.17. The minimum atomic E-state index is -3.86. The molecule has 0 N–H and O–H groups in total. The highest BCUT2D eigenvalue weighted by Crippen LogP contribution is 2.25. The number of halogens is 2. The van der Waals surface area contributed by atoms with Crippen LogP contribution in [0.25, 0.3) is 0 Å². The normalized spacial score (nSPS) is 15.3. The molecule has 0 unspecified atom stereocenters. The van der Waals surface area contributed by atoms with E-state index in [4.69, 9.17) is 23.2 Å². The fourth-order valence-corrected chi connectivity index (χ4v) is 5.10. The van der Waals surface area contributed by atoms with E-state index < -0.39 is 10.0 Å². The maximum Gasteiger partial charge on any atom is 0.243 e. The molecule has 0 aliphatic carbocycles. The molecule has 0 saturated carbocycles. The van der Waals surface area contributed by atoms with Crippen molar-refractivity contribution in [3.63, 3.8) is 0 Å². The quantitative estimate of drug-likeness (QED) is 0.641. The van der Waals surface area contributed by atoms with E-state index in [2.05, 4.69) is 0 Å². The largest absolute Gasteiger partial charge is 0.342 e. The SMILES string of the molecule is O=C(CN(Cc1ccc(Cl)c(Cl)c1)S(=O)(=O)c1ccccc1)N1CCCCCC1. The van der Waals surface area contributed by atoms with Crippen molar-refractivity contribution in [3.8, 4) is 0 Å². The first kappa shape index (κ1) is 22.1. The molecule has 2 aromatic carbocycles. The Labute approximate surface area is 182 Å². The maximum absolute atomic E-state index is 13.3. The maximum atomic E-state index is 13.3. The van der Waals surface area contributed by atoms with Crippen molar-refractivity contribution in [1.29, 1.82) is 0 Å². The van der Waals surface area contributed by atoms with Crippen LogP contribution >= 0.6 is 23.2 Å². The van der Waals surface area contributed by atoms with Crippen LogP contribution in [0.5, 0.6) is 0 Å². The summed E-state index contributed by atoms with van der Waals surface area (Å²) >= 11 is 12.1. The number of amides is 1. The van der Waals surface area contributed by atoms with Crippen molar-refractivity contribution in [2.24, 2.45) is 0 Å². The van der Waals surface area contributed by atoms with Crippen molar-refractivity contribution < 1.29 is 13.2 Å². The van der Waals surface area contributed by atoms with Crippen molar-refractivity contribution in [3.05, 3.63) is 64.1 Å². The average molecular weight is 455 g/mol. The van der Waals surface area contributed by atoms with Crippen molar-refractivity contribution in [2.45, 2.75) is 37.1 Å². The molecule has 0 spiro atoms. The highest BCUT2D eigenvalue weighted by atomic mass is 35.5. The zero-order valence-electron chi connectivity index (χ0n) is 16.1. The van der Waals surface area contributed by atoms with E-state index in [-0.39, 0.29) is 23.9 Å². The van der Waals surface area contributed by atoms with Crippen LogP contribution in [0.2, 0.25) is 10.0 Å². The number of benzene rings is 2. The predicted molar refractivity (Wildman–Crippen MR) is 116 cm³/mol. The van der Waals surface area contributed by atoms with Crippen molar-refractivity contribution in [1.82, 2.24) is 9.21 Å². The molecular formula is C21H24Cl2N2O3S. The molecule has 2 aromatic rings. The minimum absolute atomic E-state index is 0.0354. The second kappa shape index (κ2) is 9.94. The monoisotopic (exact) mass is 454 g/mol. The highest BCUT2D eigenvalue weighted by molar-refractivity contribution is 7.89. The zero-order chi connectivity index (χ0) is 20.9. The Kier molecular flexibility index (Phi) is 7.57. The van der Waals surface area contributed by atoms with Gasteiger partial charge in [0.2, 0.25) is 15.9 Å². The Balaban J connectivity index is 1.88. The van der Waals surface area contributed by atoms with Crippen LogP contribution in [0.3, 0.4) is 0 Å². The molecule has 8 heteroatoms. The third-order valence-electron chi connectivity index (χ3n) is 4.99. The molecule has 3 rings (SSSR count). The van der Waals surface area contributed by atoms with E-state index in [9.17, 15) is 13.2 Å². The summed E-state index contributed by atoms with van der Waals surface area (Å²) in [7, 11) is -3.86. The number of hydrogen-bond acceptors (Lipinski definition) is 3. The van der Waals surface area contributed by atoms with E-state index in [1.54, 1.807) is 41.3 Å².